The van der Waals surface area contributed by atoms with Gasteiger partial charge in [-0.15, -0.1) is 0 Å². The van der Waals surface area contributed by atoms with Gasteiger partial charge in [0, 0.05) is 0 Å². The Morgan fingerprint density at radius 2 is 1.00 bits per heavy atom. The molecule has 0 spiro atoms. The topological polar surface area (TPSA) is 133 Å². The fourth-order valence-electron chi connectivity index (χ4n) is 1.40. The Labute approximate surface area is 120 Å². The highest BCUT2D eigenvalue weighted by Gasteiger charge is 2.29. The highest BCUT2D eigenvalue weighted by Crippen LogP contribution is 2.03. The Balaban J connectivity index is 0.000000298. The maximum atomic E-state index is 9.99. The quantitative estimate of drug-likeness (QED) is 0.513. The summed E-state index contributed by atoms with van der Waals surface area (Å²) in [6, 6.07) is 0. The van der Waals surface area contributed by atoms with Gasteiger partial charge < -0.3 is 10.6 Å². The molecule has 0 unspecified atom stereocenters. The average Bonchev–Trinajstić information content (AvgIpc) is 3.04. The maximum absolute atomic E-state index is 9.99. The highest BCUT2D eigenvalue weighted by atomic mass is 32.3. The zero-order valence-electron chi connectivity index (χ0n) is 11.6. The van der Waals surface area contributed by atoms with Gasteiger partial charge in [-0.05, 0) is 58.8 Å². The van der Waals surface area contributed by atoms with Crippen LogP contribution in [0.2, 0.25) is 0 Å². The lowest BCUT2D eigenvalue weighted by molar-refractivity contribution is 0.458. The van der Waals surface area contributed by atoms with Crippen LogP contribution in [0.4, 0.5) is 0 Å². The predicted octanol–water partition coefficient (Wildman–Crippen LogP) is -0.152. The van der Waals surface area contributed by atoms with Crippen LogP contribution in [-0.2, 0) is 20.2 Å². The van der Waals surface area contributed by atoms with Crippen LogP contribution in [0.25, 0.3) is 0 Å². The molecule has 2 rings (SSSR count). The van der Waals surface area contributed by atoms with E-state index in [-0.39, 0.29) is 0 Å². The van der Waals surface area contributed by atoms with Gasteiger partial charge in [0.2, 0.25) is 4.58 Å². The molecular formula is C10H24N2O6S2. The smallest absolute Gasteiger partial charge is 0.284 e. The van der Waals surface area contributed by atoms with E-state index in [0.29, 0.717) is 6.92 Å². The molecule has 0 atom stereocenters. The summed E-state index contributed by atoms with van der Waals surface area (Å²) in [5, 5.41) is 6.44. The van der Waals surface area contributed by atoms with Crippen molar-refractivity contribution in [3.05, 3.63) is 0 Å². The summed E-state index contributed by atoms with van der Waals surface area (Å²) in [6.07, 6.45) is 5.56. The minimum Gasteiger partial charge on any atom is -0.317 e. The van der Waals surface area contributed by atoms with Crippen LogP contribution in [0.1, 0.15) is 32.6 Å². The number of rotatable bonds is 2. The third kappa shape index (κ3) is 10.5. The molecule has 0 radical (unpaired) electrons. The molecule has 0 aromatic heterocycles. The van der Waals surface area contributed by atoms with Gasteiger partial charge in [0.05, 0.1) is 0 Å². The van der Waals surface area contributed by atoms with Crippen molar-refractivity contribution < 1.29 is 25.9 Å². The van der Waals surface area contributed by atoms with E-state index in [9.17, 15) is 16.8 Å². The molecule has 122 valence electrons. The molecule has 10 heteroatoms. The normalized spacial score (nSPS) is 19.0. The van der Waals surface area contributed by atoms with Crippen LogP contribution in [0, 0.1) is 0 Å². The predicted molar refractivity (Wildman–Crippen MR) is 76.8 cm³/mol. The summed E-state index contributed by atoms with van der Waals surface area (Å²) in [5.41, 5.74) is 0. The number of nitrogens with one attached hydrogen (secondary N) is 2. The summed E-state index contributed by atoms with van der Waals surface area (Å²) in [6.45, 7) is 5.66. The third-order valence-corrected chi connectivity index (χ3v) is 5.89. The van der Waals surface area contributed by atoms with Crippen molar-refractivity contribution in [1.82, 2.24) is 10.6 Å². The van der Waals surface area contributed by atoms with Gasteiger partial charge in [0.1, 0.15) is 0 Å². The minimum atomic E-state index is -4.70. The monoisotopic (exact) mass is 332 g/mol. The molecule has 2 saturated heterocycles. The van der Waals surface area contributed by atoms with Crippen molar-refractivity contribution in [2.75, 3.05) is 26.2 Å². The molecular weight excluding hydrogens is 308 g/mol. The second kappa shape index (κ2) is 9.64. The van der Waals surface area contributed by atoms with Gasteiger partial charge in [0.25, 0.3) is 20.2 Å². The van der Waals surface area contributed by atoms with Gasteiger partial charge in [-0.1, -0.05) is 0 Å². The summed E-state index contributed by atoms with van der Waals surface area (Å²) in [5.74, 6) is 0. The zero-order chi connectivity index (χ0) is 15.6. The molecule has 2 aliphatic heterocycles. The number of hydrogen-bond acceptors (Lipinski definition) is 6. The third-order valence-electron chi connectivity index (χ3n) is 2.75. The standard InChI is InChI=1S/2C4H9N.C2H6O6S2/c2*1-2-4-5-3-1;1-2(9(3,4)5)10(6,7)8/h2*5H,1-4H2;2H,1H3,(H,3,4,5)(H,6,7,8). The van der Waals surface area contributed by atoms with E-state index in [1.54, 1.807) is 0 Å². The molecule has 0 amide bonds. The van der Waals surface area contributed by atoms with E-state index in [0.717, 1.165) is 0 Å². The van der Waals surface area contributed by atoms with E-state index in [2.05, 4.69) is 10.6 Å². The molecule has 2 heterocycles. The van der Waals surface area contributed by atoms with Crippen LogP contribution in [0.5, 0.6) is 0 Å². The first-order valence-corrected chi connectivity index (χ1v) is 9.50. The van der Waals surface area contributed by atoms with Crippen molar-refractivity contribution in [2.45, 2.75) is 37.2 Å². The molecule has 0 aromatic carbocycles. The van der Waals surface area contributed by atoms with Crippen molar-refractivity contribution in [2.24, 2.45) is 0 Å². The van der Waals surface area contributed by atoms with E-state index in [1.165, 1.54) is 51.9 Å². The van der Waals surface area contributed by atoms with Gasteiger partial charge in [-0.2, -0.15) is 16.8 Å². The lowest BCUT2D eigenvalue weighted by Crippen LogP contribution is -2.25. The van der Waals surface area contributed by atoms with Crippen molar-refractivity contribution in [3.63, 3.8) is 0 Å². The average molecular weight is 332 g/mol. The molecule has 0 aromatic rings. The molecule has 8 nitrogen and oxygen atoms in total. The lowest BCUT2D eigenvalue weighted by atomic mass is 10.4. The van der Waals surface area contributed by atoms with Crippen LogP contribution < -0.4 is 10.6 Å². The van der Waals surface area contributed by atoms with Crippen LogP contribution in [0.15, 0.2) is 0 Å². The van der Waals surface area contributed by atoms with E-state index < -0.39 is 24.8 Å². The van der Waals surface area contributed by atoms with Gasteiger partial charge >= 0.3 is 0 Å². The minimum absolute atomic E-state index is 0.657. The first-order valence-electron chi connectivity index (χ1n) is 6.49. The zero-order valence-corrected chi connectivity index (χ0v) is 13.2. The maximum Gasteiger partial charge on any atom is 0.284 e. The second-order valence-electron chi connectivity index (χ2n) is 4.51. The lowest BCUT2D eigenvalue weighted by Gasteiger charge is -2.01. The molecule has 0 bridgehead atoms. The van der Waals surface area contributed by atoms with Crippen LogP contribution in [0.3, 0.4) is 0 Å². The van der Waals surface area contributed by atoms with Crippen LogP contribution >= 0.6 is 0 Å². The molecule has 2 aliphatic rings. The molecule has 0 aliphatic carbocycles. The Bertz CT molecular complexity index is 383. The van der Waals surface area contributed by atoms with Gasteiger partial charge in [0.15, 0.2) is 0 Å². The Morgan fingerprint density at radius 3 is 1.05 bits per heavy atom. The summed E-state index contributed by atoms with van der Waals surface area (Å²) >= 11 is 0. The van der Waals surface area contributed by atoms with E-state index in [1.807, 2.05) is 0 Å². The van der Waals surface area contributed by atoms with Crippen molar-refractivity contribution >= 4 is 20.2 Å². The molecule has 2 fully saturated rings. The molecule has 20 heavy (non-hydrogen) atoms. The highest BCUT2D eigenvalue weighted by molar-refractivity contribution is 8.03. The van der Waals surface area contributed by atoms with Crippen molar-refractivity contribution in [1.29, 1.82) is 0 Å². The fourth-order valence-corrected chi connectivity index (χ4v) is 2.63. The van der Waals surface area contributed by atoms with Crippen molar-refractivity contribution in [3.8, 4) is 0 Å². The molecule has 4 N–H and O–H groups in total. The summed E-state index contributed by atoms with van der Waals surface area (Å²) in [4.78, 5) is 0. The first-order chi connectivity index (χ1) is 9.15. The Kier molecular flexibility index (Phi) is 9.51. The largest absolute Gasteiger partial charge is 0.317 e. The number of hydrogen-bond donors (Lipinski definition) is 4. The van der Waals surface area contributed by atoms with E-state index in [4.69, 9.17) is 9.11 Å². The van der Waals surface area contributed by atoms with Gasteiger partial charge in [-0.3, -0.25) is 9.11 Å². The van der Waals surface area contributed by atoms with Gasteiger partial charge in [-0.25, -0.2) is 0 Å². The summed E-state index contributed by atoms with van der Waals surface area (Å²) < 4.78 is 53.9. The fraction of sp³-hybridized carbons (Fsp3) is 1.00. The Morgan fingerprint density at radius 1 is 0.750 bits per heavy atom. The van der Waals surface area contributed by atoms with E-state index >= 15 is 0 Å². The van der Waals surface area contributed by atoms with Crippen LogP contribution in [-0.4, -0.2) is 56.7 Å². The second-order valence-corrected chi connectivity index (χ2v) is 8.28. The Hall–Kier alpha value is -0.260. The first kappa shape index (κ1) is 19.7. The summed E-state index contributed by atoms with van der Waals surface area (Å²) in [7, 11) is -9.40. The SMILES string of the molecule is C1CCNC1.C1CCNC1.CC(S(=O)(=O)O)S(=O)(=O)O. The molecule has 0 saturated carbocycles.